The zero-order valence-electron chi connectivity index (χ0n) is 16.8. The molecule has 2 unspecified atom stereocenters. The molecule has 0 aliphatic heterocycles. The van der Waals surface area contributed by atoms with Gasteiger partial charge in [-0.25, -0.2) is 0 Å². The normalized spacial score (nSPS) is 13.9. The van der Waals surface area contributed by atoms with Gasteiger partial charge in [0.1, 0.15) is 25.4 Å². The third-order valence-corrected chi connectivity index (χ3v) is 3.80. The van der Waals surface area contributed by atoms with Crippen molar-refractivity contribution < 1.29 is 19.7 Å². The van der Waals surface area contributed by atoms with Crippen molar-refractivity contribution in [3.63, 3.8) is 0 Å². The molecular weight excluding hydrogens is 332 g/mol. The highest BCUT2D eigenvalue weighted by atomic mass is 16.5. The molecule has 0 amide bonds. The largest absolute Gasteiger partial charge is 0.487 e. The van der Waals surface area contributed by atoms with E-state index in [9.17, 15) is 10.2 Å². The Balaban J connectivity index is 2.61. The average molecular weight is 369 g/mol. The lowest BCUT2D eigenvalue weighted by atomic mass is 10.1. The molecule has 6 heteroatoms. The van der Waals surface area contributed by atoms with Crippen molar-refractivity contribution in [3.05, 3.63) is 23.8 Å². The number of hydrogen-bond acceptors (Lipinski definition) is 6. The molecule has 4 N–H and O–H groups in total. The zero-order valence-corrected chi connectivity index (χ0v) is 16.8. The van der Waals surface area contributed by atoms with Crippen molar-refractivity contribution >= 4 is 0 Å². The van der Waals surface area contributed by atoms with E-state index < -0.39 is 12.2 Å². The van der Waals surface area contributed by atoms with E-state index in [-0.39, 0.29) is 13.2 Å². The first kappa shape index (κ1) is 22.7. The summed E-state index contributed by atoms with van der Waals surface area (Å²) in [4.78, 5) is 0. The number of rotatable bonds is 13. The molecule has 0 radical (unpaired) electrons. The smallest absolute Gasteiger partial charge is 0.161 e. The topological polar surface area (TPSA) is 83.0 Å². The molecule has 26 heavy (non-hydrogen) atoms. The standard InChI is InChI=1S/C20H36N2O4/c1-6-16-7-8-19(25-12-17(23)10-21-14(2)3)20(9-16)26-13-18(24)11-22-15(4)5/h7-9,14-15,17-18,21-24H,6,10-13H2,1-5H3. The van der Waals surface area contributed by atoms with E-state index in [4.69, 9.17) is 9.47 Å². The van der Waals surface area contributed by atoms with Gasteiger partial charge in [0.05, 0.1) is 0 Å². The van der Waals surface area contributed by atoms with Crippen LogP contribution < -0.4 is 20.1 Å². The Bertz CT molecular complexity index is 509. The third kappa shape index (κ3) is 9.38. The van der Waals surface area contributed by atoms with Gasteiger partial charge in [-0.05, 0) is 24.1 Å². The lowest BCUT2D eigenvalue weighted by molar-refractivity contribution is 0.0909. The van der Waals surface area contributed by atoms with Crippen LogP contribution in [0.4, 0.5) is 0 Å². The van der Waals surface area contributed by atoms with Crippen LogP contribution >= 0.6 is 0 Å². The molecule has 0 fully saturated rings. The van der Waals surface area contributed by atoms with Gasteiger partial charge in [0.2, 0.25) is 0 Å². The molecule has 0 aliphatic carbocycles. The fourth-order valence-corrected chi connectivity index (χ4v) is 2.24. The van der Waals surface area contributed by atoms with Crippen molar-refractivity contribution in [2.75, 3.05) is 26.3 Å². The fourth-order valence-electron chi connectivity index (χ4n) is 2.24. The van der Waals surface area contributed by atoms with Crippen LogP contribution in [0.1, 0.15) is 40.2 Å². The van der Waals surface area contributed by atoms with E-state index in [1.54, 1.807) is 0 Å². The van der Waals surface area contributed by atoms with Crippen LogP contribution in [-0.2, 0) is 6.42 Å². The van der Waals surface area contributed by atoms with Crippen molar-refractivity contribution in [3.8, 4) is 11.5 Å². The molecule has 6 nitrogen and oxygen atoms in total. The van der Waals surface area contributed by atoms with Crippen molar-refractivity contribution in [1.82, 2.24) is 10.6 Å². The number of aliphatic hydroxyl groups excluding tert-OH is 2. The molecule has 0 saturated heterocycles. The lowest BCUT2D eigenvalue weighted by Crippen LogP contribution is -2.35. The first-order chi connectivity index (χ1) is 12.3. The summed E-state index contributed by atoms with van der Waals surface area (Å²) >= 11 is 0. The summed E-state index contributed by atoms with van der Waals surface area (Å²) in [7, 11) is 0. The molecule has 0 heterocycles. The Morgan fingerprint density at radius 2 is 1.35 bits per heavy atom. The van der Waals surface area contributed by atoms with E-state index in [2.05, 4.69) is 17.6 Å². The predicted molar refractivity (Wildman–Crippen MR) is 105 cm³/mol. The summed E-state index contributed by atoms with van der Waals surface area (Å²) in [5.74, 6) is 1.17. The maximum absolute atomic E-state index is 10.0. The van der Waals surface area contributed by atoms with Gasteiger partial charge in [0.15, 0.2) is 11.5 Å². The maximum Gasteiger partial charge on any atom is 0.161 e. The molecule has 1 aromatic rings. The maximum atomic E-state index is 10.0. The second-order valence-corrected chi connectivity index (χ2v) is 7.19. The number of nitrogens with one attached hydrogen (secondary N) is 2. The van der Waals surface area contributed by atoms with Gasteiger partial charge in [0.25, 0.3) is 0 Å². The highest BCUT2D eigenvalue weighted by molar-refractivity contribution is 5.43. The second kappa shape index (κ2) is 12.1. The molecule has 1 rings (SSSR count). The van der Waals surface area contributed by atoms with Crippen LogP contribution in [0.5, 0.6) is 11.5 Å². The fraction of sp³-hybridized carbons (Fsp3) is 0.700. The molecule has 0 saturated carbocycles. The SMILES string of the molecule is CCc1ccc(OCC(O)CNC(C)C)c(OCC(O)CNC(C)C)c1. The number of benzene rings is 1. The van der Waals surface area contributed by atoms with Gasteiger partial charge in [-0.15, -0.1) is 0 Å². The second-order valence-electron chi connectivity index (χ2n) is 7.19. The van der Waals surface area contributed by atoms with Gasteiger partial charge >= 0.3 is 0 Å². The predicted octanol–water partition coefficient (Wildman–Crippen LogP) is 1.72. The van der Waals surface area contributed by atoms with Crippen molar-refractivity contribution in [1.29, 1.82) is 0 Å². The summed E-state index contributed by atoms with van der Waals surface area (Å²) in [6.45, 7) is 11.5. The van der Waals surface area contributed by atoms with Gasteiger partial charge in [0, 0.05) is 25.2 Å². The van der Waals surface area contributed by atoms with Gasteiger partial charge in [-0.1, -0.05) is 40.7 Å². The Hall–Kier alpha value is -1.34. The molecule has 0 bridgehead atoms. The van der Waals surface area contributed by atoms with Crippen LogP contribution in [0.2, 0.25) is 0 Å². The van der Waals surface area contributed by atoms with Gasteiger partial charge in [-0.3, -0.25) is 0 Å². The first-order valence-electron chi connectivity index (χ1n) is 9.53. The van der Waals surface area contributed by atoms with E-state index in [1.807, 2.05) is 45.9 Å². The zero-order chi connectivity index (χ0) is 19.5. The monoisotopic (exact) mass is 368 g/mol. The number of hydrogen-bond donors (Lipinski definition) is 4. The van der Waals surface area contributed by atoms with E-state index in [0.717, 1.165) is 12.0 Å². The summed E-state index contributed by atoms with van der Waals surface area (Å²) in [6.07, 6.45) is -0.317. The molecule has 2 atom stereocenters. The van der Waals surface area contributed by atoms with Crippen LogP contribution in [-0.4, -0.2) is 60.8 Å². The van der Waals surface area contributed by atoms with Crippen LogP contribution in [0.3, 0.4) is 0 Å². The molecular formula is C20H36N2O4. The molecule has 1 aromatic carbocycles. The summed E-state index contributed by atoms with van der Waals surface area (Å²) in [5, 5.41) is 26.4. The van der Waals surface area contributed by atoms with Crippen molar-refractivity contribution in [2.45, 2.75) is 65.3 Å². The van der Waals surface area contributed by atoms with Gasteiger partial charge in [-0.2, -0.15) is 0 Å². The Morgan fingerprint density at radius 3 is 1.81 bits per heavy atom. The quantitative estimate of drug-likeness (QED) is 0.424. The van der Waals surface area contributed by atoms with Crippen LogP contribution in [0, 0.1) is 0 Å². The number of ether oxygens (including phenoxy) is 2. The number of aryl methyl sites for hydroxylation is 1. The average Bonchev–Trinajstić information content (AvgIpc) is 2.61. The van der Waals surface area contributed by atoms with Crippen LogP contribution in [0.25, 0.3) is 0 Å². The highest BCUT2D eigenvalue weighted by Gasteiger charge is 2.13. The minimum atomic E-state index is -0.601. The van der Waals surface area contributed by atoms with Gasteiger partial charge < -0.3 is 30.3 Å². The number of aliphatic hydroxyl groups is 2. The third-order valence-electron chi connectivity index (χ3n) is 3.80. The molecule has 150 valence electrons. The molecule has 0 aliphatic rings. The van der Waals surface area contributed by atoms with E-state index in [0.29, 0.717) is 36.7 Å². The Kier molecular flexibility index (Phi) is 10.6. The molecule has 0 aromatic heterocycles. The van der Waals surface area contributed by atoms with E-state index in [1.165, 1.54) is 0 Å². The van der Waals surface area contributed by atoms with Crippen molar-refractivity contribution in [2.24, 2.45) is 0 Å². The first-order valence-corrected chi connectivity index (χ1v) is 9.53. The molecule has 0 spiro atoms. The lowest BCUT2D eigenvalue weighted by Gasteiger charge is -2.19. The summed E-state index contributed by atoms with van der Waals surface area (Å²) in [6, 6.07) is 6.39. The summed E-state index contributed by atoms with van der Waals surface area (Å²) in [5.41, 5.74) is 1.13. The Morgan fingerprint density at radius 1 is 0.846 bits per heavy atom. The highest BCUT2D eigenvalue weighted by Crippen LogP contribution is 2.29. The Labute approximate surface area is 157 Å². The minimum absolute atomic E-state index is 0.180. The minimum Gasteiger partial charge on any atom is -0.487 e. The summed E-state index contributed by atoms with van der Waals surface area (Å²) < 4.78 is 11.5. The van der Waals surface area contributed by atoms with Crippen LogP contribution in [0.15, 0.2) is 18.2 Å². The van der Waals surface area contributed by atoms with E-state index >= 15 is 0 Å².